The van der Waals surface area contributed by atoms with Crippen LogP contribution in [0.4, 0.5) is 5.00 Å². The highest BCUT2D eigenvalue weighted by molar-refractivity contribution is 7.99. The van der Waals surface area contributed by atoms with Crippen LogP contribution in [0.5, 0.6) is 0 Å². The lowest BCUT2D eigenvalue weighted by atomic mass is 10.4. The van der Waals surface area contributed by atoms with Gasteiger partial charge in [-0.3, -0.25) is 0 Å². The second kappa shape index (κ2) is 4.67. The summed E-state index contributed by atoms with van der Waals surface area (Å²) >= 11 is 3.28. The Morgan fingerprint density at radius 2 is 2.35 bits per heavy atom. The van der Waals surface area contributed by atoms with Crippen molar-refractivity contribution in [2.24, 2.45) is 0 Å². The zero-order chi connectivity index (χ0) is 11.7. The van der Waals surface area contributed by atoms with E-state index in [2.05, 4.69) is 10.1 Å². The summed E-state index contributed by atoms with van der Waals surface area (Å²) in [7, 11) is 0. The number of nitrogens with two attached hydrogens (primary N) is 1. The average molecular weight is 269 g/mol. The first-order valence-corrected chi connectivity index (χ1v) is 7.18. The van der Waals surface area contributed by atoms with Crippen LogP contribution in [0.15, 0.2) is 16.7 Å². The van der Waals surface area contributed by atoms with E-state index in [4.69, 9.17) is 15.0 Å². The molecule has 7 heteroatoms. The van der Waals surface area contributed by atoms with Gasteiger partial charge in [0.05, 0.1) is 16.5 Å². The predicted molar refractivity (Wildman–Crippen MR) is 68.0 cm³/mol. The Hall–Kier alpha value is -1.05. The first kappa shape index (κ1) is 11.1. The highest BCUT2D eigenvalue weighted by Gasteiger charge is 2.22. The van der Waals surface area contributed by atoms with Gasteiger partial charge in [0.15, 0.2) is 0 Å². The molecule has 3 rings (SSSR count). The van der Waals surface area contributed by atoms with Gasteiger partial charge in [0.2, 0.25) is 5.82 Å². The maximum absolute atomic E-state index is 5.67. The van der Waals surface area contributed by atoms with Gasteiger partial charge >= 0.3 is 0 Å². The van der Waals surface area contributed by atoms with Gasteiger partial charge in [-0.15, -0.1) is 11.3 Å². The van der Waals surface area contributed by atoms with Crippen molar-refractivity contribution >= 4 is 28.1 Å². The molecule has 2 aromatic heterocycles. The molecule has 0 aromatic carbocycles. The number of aromatic nitrogens is 2. The minimum absolute atomic E-state index is 0.0523. The van der Waals surface area contributed by atoms with E-state index in [1.807, 2.05) is 23.9 Å². The standard InChI is InChI=1S/C10H11N3O2S2/c11-8-2-1-7(17-8)10-12-9(13-15-10)6-5-16-4-3-14-6/h1-2,6H,3-5,11H2. The summed E-state index contributed by atoms with van der Waals surface area (Å²) in [6.07, 6.45) is -0.0523. The lowest BCUT2D eigenvalue weighted by molar-refractivity contribution is 0.0677. The molecule has 1 aliphatic rings. The van der Waals surface area contributed by atoms with Crippen molar-refractivity contribution in [3.05, 3.63) is 18.0 Å². The van der Waals surface area contributed by atoms with E-state index in [-0.39, 0.29) is 6.10 Å². The fraction of sp³-hybridized carbons (Fsp3) is 0.400. The van der Waals surface area contributed by atoms with Crippen LogP contribution in [0.3, 0.4) is 0 Å². The summed E-state index contributed by atoms with van der Waals surface area (Å²) in [5, 5.41) is 4.71. The zero-order valence-electron chi connectivity index (χ0n) is 8.96. The summed E-state index contributed by atoms with van der Waals surface area (Å²) in [6, 6.07) is 3.71. The molecule has 0 amide bonds. The van der Waals surface area contributed by atoms with Crippen molar-refractivity contribution in [1.82, 2.24) is 10.1 Å². The molecule has 0 bridgehead atoms. The number of rotatable bonds is 2. The van der Waals surface area contributed by atoms with E-state index in [9.17, 15) is 0 Å². The Morgan fingerprint density at radius 1 is 1.41 bits per heavy atom. The summed E-state index contributed by atoms with van der Waals surface area (Å²) in [5.41, 5.74) is 5.67. The topological polar surface area (TPSA) is 74.2 Å². The largest absolute Gasteiger partial charge is 0.391 e. The van der Waals surface area contributed by atoms with E-state index in [1.165, 1.54) is 11.3 Å². The van der Waals surface area contributed by atoms with Crippen LogP contribution >= 0.6 is 23.1 Å². The first-order valence-electron chi connectivity index (χ1n) is 5.21. The minimum atomic E-state index is -0.0523. The molecule has 17 heavy (non-hydrogen) atoms. The highest BCUT2D eigenvalue weighted by Crippen LogP contribution is 2.30. The van der Waals surface area contributed by atoms with Crippen molar-refractivity contribution in [1.29, 1.82) is 0 Å². The number of nitrogen functional groups attached to an aromatic ring is 1. The van der Waals surface area contributed by atoms with Crippen molar-refractivity contribution < 1.29 is 9.26 Å². The van der Waals surface area contributed by atoms with E-state index in [0.29, 0.717) is 11.7 Å². The smallest absolute Gasteiger partial charge is 0.268 e. The number of anilines is 1. The fourth-order valence-corrected chi connectivity index (χ4v) is 3.11. The van der Waals surface area contributed by atoms with E-state index < -0.39 is 0 Å². The van der Waals surface area contributed by atoms with Gasteiger partial charge in [-0.2, -0.15) is 16.7 Å². The van der Waals surface area contributed by atoms with Crippen LogP contribution in [0, 0.1) is 0 Å². The van der Waals surface area contributed by atoms with Crippen LogP contribution < -0.4 is 5.73 Å². The lowest BCUT2D eigenvalue weighted by Gasteiger charge is -2.18. The molecular weight excluding hydrogens is 258 g/mol. The molecule has 2 aromatic rings. The molecule has 2 N–H and O–H groups in total. The van der Waals surface area contributed by atoms with Gasteiger partial charge in [-0.1, -0.05) is 5.16 Å². The Kier molecular flexibility index (Phi) is 3.04. The van der Waals surface area contributed by atoms with Crippen molar-refractivity contribution in [2.75, 3.05) is 23.8 Å². The third-order valence-electron chi connectivity index (χ3n) is 2.38. The van der Waals surface area contributed by atoms with Gasteiger partial charge < -0.3 is 15.0 Å². The van der Waals surface area contributed by atoms with Crippen LogP contribution in [-0.4, -0.2) is 28.3 Å². The highest BCUT2D eigenvalue weighted by atomic mass is 32.2. The average Bonchev–Trinajstić information content (AvgIpc) is 2.98. The molecule has 1 atom stereocenters. The fourth-order valence-electron chi connectivity index (χ4n) is 1.57. The van der Waals surface area contributed by atoms with Crippen molar-refractivity contribution in [3.63, 3.8) is 0 Å². The quantitative estimate of drug-likeness (QED) is 0.900. The van der Waals surface area contributed by atoms with Gasteiger partial charge in [0, 0.05) is 11.5 Å². The lowest BCUT2D eigenvalue weighted by Crippen LogP contribution is -2.16. The molecule has 5 nitrogen and oxygen atoms in total. The summed E-state index contributed by atoms with van der Waals surface area (Å²) in [4.78, 5) is 5.25. The Balaban J connectivity index is 1.82. The monoisotopic (exact) mass is 269 g/mol. The molecule has 1 saturated heterocycles. The Bertz CT molecular complexity index is 505. The normalized spacial score (nSPS) is 20.6. The van der Waals surface area contributed by atoms with E-state index >= 15 is 0 Å². The SMILES string of the molecule is Nc1ccc(-c2nc(C3CSCCO3)no2)s1. The number of thioether (sulfide) groups is 1. The third kappa shape index (κ3) is 2.31. The van der Waals surface area contributed by atoms with Crippen molar-refractivity contribution in [2.45, 2.75) is 6.10 Å². The summed E-state index contributed by atoms with van der Waals surface area (Å²) < 4.78 is 10.8. The Labute approximate surface area is 106 Å². The maximum Gasteiger partial charge on any atom is 0.268 e. The molecule has 0 aliphatic carbocycles. The van der Waals surface area contributed by atoms with Crippen LogP contribution in [0.1, 0.15) is 11.9 Å². The Morgan fingerprint density at radius 3 is 3.06 bits per heavy atom. The number of hydrogen-bond donors (Lipinski definition) is 1. The molecule has 0 saturated carbocycles. The van der Waals surface area contributed by atoms with E-state index in [0.717, 1.165) is 28.0 Å². The van der Waals surface area contributed by atoms with Crippen LogP contribution in [0.2, 0.25) is 0 Å². The van der Waals surface area contributed by atoms with Crippen LogP contribution in [-0.2, 0) is 4.74 Å². The summed E-state index contributed by atoms with van der Waals surface area (Å²) in [6.45, 7) is 0.741. The summed E-state index contributed by atoms with van der Waals surface area (Å²) in [5.74, 6) is 3.05. The predicted octanol–water partition coefficient (Wildman–Crippen LogP) is 2.18. The third-order valence-corrected chi connectivity index (χ3v) is 4.28. The van der Waals surface area contributed by atoms with Gasteiger partial charge in [0.25, 0.3) is 5.89 Å². The second-order valence-corrected chi connectivity index (χ2v) is 5.86. The number of ether oxygens (including phenoxy) is 1. The first-order chi connectivity index (χ1) is 8.33. The molecule has 90 valence electrons. The van der Waals surface area contributed by atoms with Crippen molar-refractivity contribution in [3.8, 4) is 10.8 Å². The molecule has 1 unspecified atom stereocenters. The maximum atomic E-state index is 5.67. The van der Waals surface area contributed by atoms with Gasteiger partial charge in [0.1, 0.15) is 6.10 Å². The number of nitrogens with zero attached hydrogens (tertiary/aromatic N) is 2. The van der Waals surface area contributed by atoms with Gasteiger partial charge in [-0.05, 0) is 12.1 Å². The second-order valence-electron chi connectivity index (χ2n) is 3.59. The molecule has 3 heterocycles. The molecule has 0 spiro atoms. The number of hydrogen-bond acceptors (Lipinski definition) is 7. The molecular formula is C10H11N3O2S2. The van der Waals surface area contributed by atoms with Crippen LogP contribution in [0.25, 0.3) is 10.8 Å². The molecule has 1 aliphatic heterocycles. The minimum Gasteiger partial charge on any atom is -0.391 e. The number of thiophene rings is 1. The van der Waals surface area contributed by atoms with Gasteiger partial charge in [-0.25, -0.2) is 0 Å². The zero-order valence-corrected chi connectivity index (χ0v) is 10.6. The molecule has 1 fully saturated rings. The molecule has 0 radical (unpaired) electrons. The van der Waals surface area contributed by atoms with E-state index in [1.54, 1.807) is 0 Å².